The number of ether oxygens (including phenoxy) is 1. The predicted molar refractivity (Wildman–Crippen MR) is 111 cm³/mol. The molecule has 2 aromatic carbocycles. The molecular formula is C24H24N2O. The molecule has 0 spiro atoms. The van der Waals surface area contributed by atoms with Gasteiger partial charge in [-0.1, -0.05) is 49.7 Å². The van der Waals surface area contributed by atoms with Crippen LogP contribution in [-0.4, -0.2) is 9.55 Å². The minimum Gasteiger partial charge on any atom is -0.440 e. The maximum Gasteiger partial charge on any atom is 0.206 e. The van der Waals surface area contributed by atoms with Crippen LogP contribution in [0.2, 0.25) is 0 Å². The van der Waals surface area contributed by atoms with E-state index in [9.17, 15) is 0 Å². The fourth-order valence-corrected chi connectivity index (χ4v) is 3.58. The Balaban J connectivity index is 1.95. The number of hydrogen-bond acceptors (Lipinski definition) is 2. The molecule has 136 valence electrons. The van der Waals surface area contributed by atoms with E-state index < -0.39 is 0 Å². The molecule has 4 rings (SSSR count). The zero-order valence-electron chi connectivity index (χ0n) is 16.1. The van der Waals surface area contributed by atoms with Gasteiger partial charge in [0.1, 0.15) is 11.4 Å². The van der Waals surface area contributed by atoms with Crippen molar-refractivity contribution < 1.29 is 4.74 Å². The lowest BCUT2D eigenvalue weighted by Gasteiger charge is -2.14. The van der Waals surface area contributed by atoms with Gasteiger partial charge in [-0.15, -0.1) is 0 Å². The maximum atomic E-state index is 6.47. The van der Waals surface area contributed by atoms with Crippen LogP contribution in [-0.2, 0) is 6.42 Å². The molecule has 0 saturated carbocycles. The molecule has 3 heteroatoms. The third kappa shape index (κ3) is 3.21. The Hall–Kier alpha value is -3.07. The van der Waals surface area contributed by atoms with Crippen LogP contribution in [0.5, 0.6) is 11.6 Å². The fourth-order valence-electron chi connectivity index (χ4n) is 3.58. The second-order valence-corrected chi connectivity index (χ2v) is 6.93. The number of fused-ring (bicyclic) bond motifs is 1. The molecule has 0 radical (unpaired) electrons. The number of hydrogen-bond donors (Lipinski definition) is 0. The number of aromatic nitrogens is 2. The zero-order chi connectivity index (χ0) is 18.8. The second-order valence-electron chi connectivity index (χ2n) is 6.93. The van der Waals surface area contributed by atoms with E-state index in [0.717, 1.165) is 52.3 Å². The lowest BCUT2D eigenvalue weighted by molar-refractivity contribution is 0.448. The van der Waals surface area contributed by atoms with Crippen molar-refractivity contribution >= 4 is 11.0 Å². The molecule has 2 aromatic heterocycles. The third-order valence-corrected chi connectivity index (χ3v) is 4.91. The van der Waals surface area contributed by atoms with E-state index in [1.165, 1.54) is 5.56 Å². The molecule has 0 fully saturated rings. The molecule has 0 bridgehead atoms. The molecule has 4 aromatic rings. The van der Waals surface area contributed by atoms with E-state index in [1.54, 1.807) is 0 Å². The van der Waals surface area contributed by atoms with Crippen LogP contribution < -0.4 is 4.74 Å². The van der Waals surface area contributed by atoms with E-state index in [-0.39, 0.29) is 0 Å². The van der Waals surface area contributed by atoms with Gasteiger partial charge in [0.25, 0.3) is 0 Å². The second kappa shape index (κ2) is 7.28. The number of rotatable bonds is 5. The highest BCUT2D eigenvalue weighted by atomic mass is 16.5. The molecule has 0 amide bonds. The predicted octanol–water partition coefficient (Wildman–Crippen LogP) is 6.39. The number of pyridine rings is 1. The topological polar surface area (TPSA) is 27.1 Å². The van der Waals surface area contributed by atoms with Crippen molar-refractivity contribution in [1.82, 2.24) is 9.55 Å². The first kappa shape index (κ1) is 17.3. The van der Waals surface area contributed by atoms with Gasteiger partial charge in [0.15, 0.2) is 0 Å². The molecule has 2 heterocycles. The molecule has 27 heavy (non-hydrogen) atoms. The van der Waals surface area contributed by atoms with Gasteiger partial charge in [-0.2, -0.15) is 0 Å². The van der Waals surface area contributed by atoms with Crippen LogP contribution in [0, 0.1) is 13.8 Å². The summed E-state index contributed by atoms with van der Waals surface area (Å²) < 4.78 is 8.58. The van der Waals surface area contributed by atoms with Gasteiger partial charge in [-0.3, -0.25) is 4.57 Å². The maximum absolute atomic E-state index is 6.47. The van der Waals surface area contributed by atoms with E-state index in [4.69, 9.17) is 9.72 Å². The molecule has 0 atom stereocenters. The van der Waals surface area contributed by atoms with Gasteiger partial charge in [0.2, 0.25) is 5.88 Å². The highest BCUT2D eigenvalue weighted by Crippen LogP contribution is 2.35. The molecule has 0 aliphatic rings. The van der Waals surface area contributed by atoms with Crippen LogP contribution in [0.3, 0.4) is 0 Å². The summed E-state index contributed by atoms with van der Waals surface area (Å²) >= 11 is 0. The van der Waals surface area contributed by atoms with Crippen molar-refractivity contribution in [3.8, 4) is 17.3 Å². The summed E-state index contributed by atoms with van der Waals surface area (Å²) in [6, 6.07) is 20.8. The summed E-state index contributed by atoms with van der Waals surface area (Å²) in [5.41, 5.74) is 5.55. The summed E-state index contributed by atoms with van der Waals surface area (Å²) in [5.74, 6) is 1.71. The van der Waals surface area contributed by atoms with Crippen molar-refractivity contribution in [3.05, 3.63) is 83.6 Å². The first-order chi connectivity index (χ1) is 13.2. The van der Waals surface area contributed by atoms with Gasteiger partial charge >= 0.3 is 0 Å². The van der Waals surface area contributed by atoms with Crippen molar-refractivity contribution in [1.29, 1.82) is 0 Å². The van der Waals surface area contributed by atoms with Gasteiger partial charge < -0.3 is 4.74 Å². The molecule has 0 aliphatic heterocycles. The Labute approximate surface area is 160 Å². The molecule has 0 unspecified atom stereocenters. The van der Waals surface area contributed by atoms with Crippen LogP contribution in [0.1, 0.15) is 30.0 Å². The Morgan fingerprint density at radius 2 is 1.67 bits per heavy atom. The number of benzene rings is 2. The van der Waals surface area contributed by atoms with Crippen LogP contribution in [0.4, 0.5) is 0 Å². The summed E-state index contributed by atoms with van der Waals surface area (Å²) in [6.07, 6.45) is 4.03. The van der Waals surface area contributed by atoms with Crippen LogP contribution in [0.25, 0.3) is 16.7 Å². The molecule has 0 aliphatic carbocycles. The van der Waals surface area contributed by atoms with Gasteiger partial charge in [0.05, 0.1) is 5.69 Å². The summed E-state index contributed by atoms with van der Waals surface area (Å²) in [6.45, 7) is 6.37. The summed E-state index contributed by atoms with van der Waals surface area (Å²) in [7, 11) is 0. The highest BCUT2D eigenvalue weighted by molar-refractivity contribution is 5.84. The summed E-state index contributed by atoms with van der Waals surface area (Å²) in [4.78, 5) is 4.69. The largest absolute Gasteiger partial charge is 0.440 e. The van der Waals surface area contributed by atoms with Gasteiger partial charge in [0, 0.05) is 17.6 Å². The Kier molecular flexibility index (Phi) is 4.68. The first-order valence-corrected chi connectivity index (χ1v) is 9.48. The standard InChI is InChI=1S/C24H24N2O/c1-4-9-19-14-15-25-24-21(19)16-22(26(24)20-12-6-5-7-13-20)27-23-17(2)10-8-11-18(23)3/h5-8,10-16H,4,9H2,1-3H3. The van der Waals surface area contributed by atoms with Crippen molar-refractivity contribution in [2.24, 2.45) is 0 Å². The number of aryl methyl sites for hydroxylation is 3. The van der Waals surface area contributed by atoms with Crippen molar-refractivity contribution in [2.75, 3.05) is 0 Å². The highest BCUT2D eigenvalue weighted by Gasteiger charge is 2.17. The Morgan fingerprint density at radius 3 is 2.37 bits per heavy atom. The van der Waals surface area contributed by atoms with E-state index >= 15 is 0 Å². The SMILES string of the molecule is CCCc1ccnc2c1cc(Oc1c(C)cccc1C)n2-c1ccccc1. The number of para-hydroxylation sites is 2. The molecule has 0 N–H and O–H groups in total. The fraction of sp³-hybridized carbons (Fsp3) is 0.208. The first-order valence-electron chi connectivity index (χ1n) is 9.48. The Morgan fingerprint density at radius 1 is 0.926 bits per heavy atom. The average Bonchev–Trinajstić information content (AvgIpc) is 3.05. The van der Waals surface area contributed by atoms with E-state index in [0.29, 0.717) is 0 Å². The quantitative estimate of drug-likeness (QED) is 0.414. The molecular weight excluding hydrogens is 332 g/mol. The van der Waals surface area contributed by atoms with E-state index in [1.807, 2.05) is 24.4 Å². The van der Waals surface area contributed by atoms with Gasteiger partial charge in [-0.25, -0.2) is 4.98 Å². The lowest BCUT2D eigenvalue weighted by atomic mass is 10.1. The van der Waals surface area contributed by atoms with Gasteiger partial charge in [-0.05, 0) is 55.2 Å². The minimum absolute atomic E-state index is 0.796. The Bertz CT molecular complexity index is 1060. The van der Waals surface area contributed by atoms with Crippen molar-refractivity contribution in [2.45, 2.75) is 33.6 Å². The number of nitrogens with zero attached hydrogens (tertiary/aromatic N) is 2. The van der Waals surface area contributed by atoms with Crippen LogP contribution >= 0.6 is 0 Å². The third-order valence-electron chi connectivity index (χ3n) is 4.91. The molecule has 0 saturated heterocycles. The molecule has 3 nitrogen and oxygen atoms in total. The monoisotopic (exact) mass is 356 g/mol. The summed E-state index contributed by atoms with van der Waals surface area (Å²) in [5, 5.41) is 1.16. The van der Waals surface area contributed by atoms with Crippen molar-refractivity contribution in [3.63, 3.8) is 0 Å². The smallest absolute Gasteiger partial charge is 0.206 e. The lowest BCUT2D eigenvalue weighted by Crippen LogP contribution is -2.00. The minimum atomic E-state index is 0.796. The van der Waals surface area contributed by atoms with E-state index in [2.05, 4.69) is 67.8 Å². The average molecular weight is 356 g/mol. The normalized spacial score (nSPS) is 11.1. The zero-order valence-corrected chi connectivity index (χ0v) is 16.1. The van der Waals surface area contributed by atoms with Crippen LogP contribution in [0.15, 0.2) is 66.9 Å².